The Labute approximate surface area is 156 Å². The second-order valence-corrected chi connectivity index (χ2v) is 10.3. The molecule has 6 nitrogen and oxygen atoms in total. The minimum absolute atomic E-state index is 0.143. The standard InChI is InChI=1S/C18H24N2O4S2/c1-4-19(17-12-8-6-9-13-17)25(21,22)16(3)26(23,24)20(5-2)18-14-10-7-11-15-18/h6-16H,4-5H2,1-3H3. The molecule has 0 aliphatic rings. The lowest BCUT2D eigenvalue weighted by molar-refractivity contribution is 0.573. The van der Waals surface area contributed by atoms with Crippen molar-refractivity contribution >= 4 is 31.4 Å². The number of benzene rings is 2. The molecule has 0 amide bonds. The van der Waals surface area contributed by atoms with Gasteiger partial charge in [0.2, 0.25) is 0 Å². The van der Waals surface area contributed by atoms with Gasteiger partial charge in [-0.1, -0.05) is 36.4 Å². The third-order valence-corrected chi connectivity index (χ3v) is 9.42. The fourth-order valence-electron chi connectivity index (χ4n) is 2.72. The van der Waals surface area contributed by atoms with Crippen LogP contribution in [0.25, 0.3) is 0 Å². The van der Waals surface area contributed by atoms with Gasteiger partial charge in [0.05, 0.1) is 11.4 Å². The first-order chi connectivity index (χ1) is 12.3. The van der Waals surface area contributed by atoms with E-state index in [1.54, 1.807) is 74.5 Å². The Balaban J connectivity index is 2.45. The fraction of sp³-hybridized carbons (Fsp3) is 0.333. The predicted octanol–water partition coefficient (Wildman–Crippen LogP) is 3.05. The molecular formula is C18H24N2O4S2. The van der Waals surface area contributed by atoms with Crippen molar-refractivity contribution in [3.63, 3.8) is 0 Å². The van der Waals surface area contributed by atoms with Gasteiger partial charge < -0.3 is 0 Å². The summed E-state index contributed by atoms with van der Waals surface area (Å²) in [5.74, 6) is 0. The van der Waals surface area contributed by atoms with E-state index in [1.165, 1.54) is 6.92 Å². The summed E-state index contributed by atoms with van der Waals surface area (Å²) >= 11 is 0. The van der Waals surface area contributed by atoms with Crippen molar-refractivity contribution in [1.29, 1.82) is 0 Å². The largest absolute Gasteiger partial charge is 0.269 e. The molecule has 0 aliphatic carbocycles. The molecule has 142 valence electrons. The van der Waals surface area contributed by atoms with Gasteiger partial charge in [0, 0.05) is 13.1 Å². The molecule has 0 spiro atoms. The molecule has 0 aliphatic heterocycles. The van der Waals surface area contributed by atoms with E-state index in [0.29, 0.717) is 11.4 Å². The number of para-hydroxylation sites is 2. The lowest BCUT2D eigenvalue weighted by atomic mass is 10.3. The predicted molar refractivity (Wildman–Crippen MR) is 106 cm³/mol. The van der Waals surface area contributed by atoms with E-state index in [0.717, 1.165) is 8.61 Å². The highest BCUT2D eigenvalue weighted by atomic mass is 32.3. The van der Waals surface area contributed by atoms with Crippen LogP contribution in [0.5, 0.6) is 0 Å². The van der Waals surface area contributed by atoms with E-state index in [1.807, 2.05) is 0 Å². The van der Waals surface area contributed by atoms with E-state index >= 15 is 0 Å². The summed E-state index contributed by atoms with van der Waals surface area (Å²) in [6.45, 7) is 4.87. The molecule has 0 bridgehead atoms. The van der Waals surface area contributed by atoms with Gasteiger partial charge >= 0.3 is 0 Å². The zero-order valence-corrected chi connectivity index (χ0v) is 16.7. The van der Waals surface area contributed by atoms with Gasteiger partial charge in [0.25, 0.3) is 20.0 Å². The second-order valence-electron chi connectivity index (χ2n) is 5.66. The number of hydrogen-bond donors (Lipinski definition) is 0. The maximum Gasteiger partial charge on any atom is 0.254 e. The van der Waals surface area contributed by atoms with E-state index < -0.39 is 24.6 Å². The van der Waals surface area contributed by atoms with Crippen LogP contribution < -0.4 is 8.61 Å². The van der Waals surface area contributed by atoms with Crippen LogP contribution in [0.1, 0.15) is 20.8 Å². The van der Waals surface area contributed by atoms with Crippen LogP contribution in [0.2, 0.25) is 0 Å². The zero-order chi connectivity index (χ0) is 19.4. The Kier molecular flexibility index (Phi) is 6.30. The summed E-state index contributed by atoms with van der Waals surface area (Å²) in [4.78, 5) is 0. The molecule has 0 aromatic heterocycles. The lowest BCUT2D eigenvalue weighted by Gasteiger charge is -2.30. The van der Waals surface area contributed by atoms with Crippen LogP contribution >= 0.6 is 0 Å². The lowest BCUT2D eigenvalue weighted by Crippen LogP contribution is -2.47. The van der Waals surface area contributed by atoms with Crippen molar-refractivity contribution in [3.8, 4) is 0 Å². The maximum atomic E-state index is 13.1. The first-order valence-electron chi connectivity index (χ1n) is 8.40. The SMILES string of the molecule is CCN(c1ccccc1)S(=O)(=O)C(C)S(=O)(=O)N(CC)c1ccccc1. The van der Waals surface area contributed by atoms with Crippen molar-refractivity contribution < 1.29 is 16.8 Å². The Bertz CT molecular complexity index is 837. The van der Waals surface area contributed by atoms with Gasteiger partial charge in [-0.3, -0.25) is 8.61 Å². The normalized spacial score (nSPS) is 12.2. The van der Waals surface area contributed by atoms with Gasteiger partial charge in [-0.2, -0.15) is 0 Å². The molecule has 2 rings (SSSR count). The van der Waals surface area contributed by atoms with E-state index in [2.05, 4.69) is 0 Å². The van der Waals surface area contributed by atoms with Crippen LogP contribution in [0.15, 0.2) is 60.7 Å². The summed E-state index contributed by atoms with van der Waals surface area (Å²) in [5, 5.41) is 0. The van der Waals surface area contributed by atoms with Crippen molar-refractivity contribution in [2.45, 2.75) is 25.4 Å². The van der Waals surface area contributed by atoms with Crippen LogP contribution in [0, 0.1) is 0 Å². The Morgan fingerprint density at radius 2 is 1.00 bits per heavy atom. The summed E-state index contributed by atoms with van der Waals surface area (Å²) in [5.41, 5.74) is 0.889. The molecule has 8 heteroatoms. The molecule has 2 aromatic rings. The van der Waals surface area contributed by atoms with Crippen molar-refractivity contribution in [2.24, 2.45) is 0 Å². The molecule has 0 radical (unpaired) electrons. The summed E-state index contributed by atoms with van der Waals surface area (Å²) in [6.07, 6.45) is 0. The quantitative estimate of drug-likeness (QED) is 0.687. The van der Waals surface area contributed by atoms with E-state index in [4.69, 9.17) is 0 Å². The third kappa shape index (κ3) is 3.86. The van der Waals surface area contributed by atoms with Crippen LogP contribution in [0.4, 0.5) is 11.4 Å². The number of anilines is 2. The third-order valence-electron chi connectivity index (χ3n) is 4.12. The Hall–Kier alpha value is -2.06. The van der Waals surface area contributed by atoms with Crippen LogP contribution in [0.3, 0.4) is 0 Å². The summed E-state index contributed by atoms with van der Waals surface area (Å²) in [6, 6.07) is 17.0. The minimum Gasteiger partial charge on any atom is -0.269 e. The minimum atomic E-state index is -4.12. The topological polar surface area (TPSA) is 74.8 Å². The van der Waals surface area contributed by atoms with E-state index in [9.17, 15) is 16.8 Å². The smallest absolute Gasteiger partial charge is 0.254 e. The van der Waals surface area contributed by atoms with Crippen LogP contribution in [-0.4, -0.2) is 34.5 Å². The summed E-state index contributed by atoms with van der Waals surface area (Å²) in [7, 11) is -8.24. The highest BCUT2D eigenvalue weighted by Gasteiger charge is 2.41. The van der Waals surface area contributed by atoms with Gasteiger partial charge in [0.1, 0.15) is 0 Å². The van der Waals surface area contributed by atoms with Crippen molar-refractivity contribution in [2.75, 3.05) is 21.7 Å². The van der Waals surface area contributed by atoms with Gasteiger partial charge in [-0.15, -0.1) is 0 Å². The molecule has 0 heterocycles. The molecule has 0 fully saturated rings. The zero-order valence-electron chi connectivity index (χ0n) is 15.1. The molecule has 2 aromatic carbocycles. The molecule has 0 unspecified atom stereocenters. The van der Waals surface area contributed by atoms with E-state index in [-0.39, 0.29) is 13.1 Å². The first-order valence-corrected chi connectivity index (χ1v) is 11.4. The fourth-order valence-corrected chi connectivity index (χ4v) is 6.84. The number of rotatable bonds is 8. The van der Waals surface area contributed by atoms with Gasteiger partial charge in [0.15, 0.2) is 4.58 Å². The Morgan fingerprint density at radius 1 is 0.692 bits per heavy atom. The maximum absolute atomic E-state index is 13.1. The highest BCUT2D eigenvalue weighted by molar-refractivity contribution is 8.10. The molecule has 0 N–H and O–H groups in total. The molecule has 0 atom stereocenters. The van der Waals surface area contributed by atoms with Gasteiger partial charge in [-0.25, -0.2) is 16.8 Å². The van der Waals surface area contributed by atoms with Gasteiger partial charge in [-0.05, 0) is 45.0 Å². The Morgan fingerprint density at radius 3 is 1.27 bits per heavy atom. The molecule has 0 saturated carbocycles. The second kappa shape index (κ2) is 8.09. The number of hydrogen-bond acceptors (Lipinski definition) is 4. The molecule has 0 saturated heterocycles. The number of nitrogens with zero attached hydrogens (tertiary/aromatic N) is 2. The first kappa shape index (κ1) is 20.3. The molecule has 26 heavy (non-hydrogen) atoms. The van der Waals surface area contributed by atoms with Crippen molar-refractivity contribution in [1.82, 2.24) is 0 Å². The average Bonchev–Trinajstić information content (AvgIpc) is 2.63. The average molecular weight is 397 g/mol. The van der Waals surface area contributed by atoms with Crippen LogP contribution in [-0.2, 0) is 20.0 Å². The van der Waals surface area contributed by atoms with Crippen molar-refractivity contribution in [3.05, 3.63) is 60.7 Å². The summed E-state index contributed by atoms with van der Waals surface area (Å²) < 4.78 is 53.0. The number of sulfonamides is 2. The monoisotopic (exact) mass is 396 g/mol. The highest BCUT2D eigenvalue weighted by Crippen LogP contribution is 2.27. The molecular weight excluding hydrogens is 372 g/mol.